The molecule has 4 rings (SSSR count). The first-order chi connectivity index (χ1) is 11.3. The maximum atomic E-state index is 12.9. The van der Waals surface area contributed by atoms with Crippen LogP contribution in [0.25, 0.3) is 0 Å². The monoisotopic (exact) mass is 330 g/mol. The lowest BCUT2D eigenvalue weighted by Gasteiger charge is -2.59. The predicted molar refractivity (Wildman–Crippen MR) is 91.3 cm³/mol. The Kier molecular flexibility index (Phi) is 3.61. The zero-order valence-corrected chi connectivity index (χ0v) is 15.3. The van der Waals surface area contributed by atoms with Crippen molar-refractivity contribution >= 4 is 17.3 Å². The number of hydrogen-bond acceptors (Lipinski definition) is 3. The molecule has 0 aliphatic heterocycles. The van der Waals surface area contributed by atoms with E-state index in [1.807, 2.05) is 0 Å². The average molecular weight is 330 g/mol. The first-order valence-electron chi connectivity index (χ1n) is 9.82. The standard InChI is InChI=1S/C21H30O3/c1-12(22)15-4-5-16-14-11-19(24)18-10-13(23)6-8-21(18,3)17(14)7-9-20(15,16)2/h14-18H,4-11H2,1-3H3/t14-,15+,16-,17-,18-,20-,21-/m1/s1. The van der Waals surface area contributed by atoms with Crippen LogP contribution in [-0.4, -0.2) is 17.3 Å². The minimum Gasteiger partial charge on any atom is -0.300 e. The van der Waals surface area contributed by atoms with Crippen LogP contribution >= 0.6 is 0 Å². The topological polar surface area (TPSA) is 51.2 Å². The molecule has 24 heavy (non-hydrogen) atoms. The average Bonchev–Trinajstić information content (AvgIpc) is 2.87. The molecule has 4 aliphatic rings. The molecule has 132 valence electrons. The van der Waals surface area contributed by atoms with Gasteiger partial charge in [0.05, 0.1) is 0 Å². The van der Waals surface area contributed by atoms with Crippen molar-refractivity contribution in [3.63, 3.8) is 0 Å². The van der Waals surface area contributed by atoms with Gasteiger partial charge in [-0.2, -0.15) is 0 Å². The number of fused-ring (bicyclic) bond motifs is 5. The minimum absolute atomic E-state index is 0.0174. The van der Waals surface area contributed by atoms with Gasteiger partial charge in [0.2, 0.25) is 0 Å². The van der Waals surface area contributed by atoms with Gasteiger partial charge < -0.3 is 0 Å². The largest absolute Gasteiger partial charge is 0.300 e. The van der Waals surface area contributed by atoms with Crippen molar-refractivity contribution in [2.24, 2.45) is 40.4 Å². The van der Waals surface area contributed by atoms with Gasteiger partial charge in [-0.1, -0.05) is 13.8 Å². The number of Topliss-reactive ketones (excluding diaryl/α,β-unsaturated/α-hetero) is 3. The highest BCUT2D eigenvalue weighted by Gasteiger charge is 2.62. The van der Waals surface area contributed by atoms with E-state index in [0.29, 0.717) is 48.6 Å². The third-order valence-electron chi connectivity index (χ3n) is 8.77. The summed E-state index contributed by atoms with van der Waals surface area (Å²) in [5.41, 5.74) is 0.116. The Morgan fingerprint density at radius 2 is 1.67 bits per heavy atom. The normalized spacial score (nSPS) is 50.9. The molecule has 0 bridgehead atoms. The second kappa shape index (κ2) is 5.25. The summed E-state index contributed by atoms with van der Waals surface area (Å²) in [6.07, 6.45) is 7.05. The number of rotatable bonds is 1. The van der Waals surface area contributed by atoms with Gasteiger partial charge in [-0.3, -0.25) is 14.4 Å². The molecule has 0 heterocycles. The quantitative estimate of drug-likeness (QED) is 0.730. The first-order valence-corrected chi connectivity index (χ1v) is 9.82. The van der Waals surface area contributed by atoms with Crippen molar-refractivity contribution < 1.29 is 14.4 Å². The third kappa shape index (κ3) is 2.05. The van der Waals surface area contributed by atoms with Crippen molar-refractivity contribution in [2.75, 3.05) is 0 Å². The lowest BCUT2D eigenvalue weighted by Crippen LogP contribution is -2.56. The van der Waals surface area contributed by atoms with E-state index in [2.05, 4.69) is 13.8 Å². The van der Waals surface area contributed by atoms with Gasteiger partial charge in [0.1, 0.15) is 17.3 Å². The van der Waals surface area contributed by atoms with Gasteiger partial charge in [-0.05, 0) is 67.6 Å². The van der Waals surface area contributed by atoms with Crippen LogP contribution in [0.15, 0.2) is 0 Å². The molecule has 4 saturated carbocycles. The Morgan fingerprint density at radius 1 is 0.958 bits per heavy atom. The second-order valence-corrected chi connectivity index (χ2v) is 9.63. The first kappa shape index (κ1) is 16.5. The van der Waals surface area contributed by atoms with Crippen molar-refractivity contribution in [1.82, 2.24) is 0 Å². The van der Waals surface area contributed by atoms with E-state index in [1.54, 1.807) is 6.92 Å². The molecule has 0 saturated heterocycles. The van der Waals surface area contributed by atoms with E-state index < -0.39 is 0 Å². The maximum absolute atomic E-state index is 12.9. The smallest absolute Gasteiger partial charge is 0.137 e. The third-order valence-corrected chi connectivity index (χ3v) is 8.77. The van der Waals surface area contributed by atoms with Crippen LogP contribution in [0.5, 0.6) is 0 Å². The highest BCUT2D eigenvalue weighted by atomic mass is 16.1. The van der Waals surface area contributed by atoms with Crippen LogP contribution in [0.2, 0.25) is 0 Å². The molecule has 4 aliphatic carbocycles. The number of carbonyl (C=O) groups is 3. The molecular formula is C21H30O3. The molecule has 7 atom stereocenters. The van der Waals surface area contributed by atoms with E-state index in [-0.39, 0.29) is 28.4 Å². The molecule has 0 spiro atoms. The van der Waals surface area contributed by atoms with Gasteiger partial charge in [-0.15, -0.1) is 0 Å². The molecule has 3 nitrogen and oxygen atoms in total. The fraction of sp³-hybridized carbons (Fsp3) is 0.857. The van der Waals surface area contributed by atoms with Crippen LogP contribution in [0, 0.1) is 40.4 Å². The number of ketones is 3. The van der Waals surface area contributed by atoms with E-state index in [4.69, 9.17) is 0 Å². The maximum Gasteiger partial charge on any atom is 0.137 e. The van der Waals surface area contributed by atoms with E-state index in [9.17, 15) is 14.4 Å². The van der Waals surface area contributed by atoms with Crippen molar-refractivity contribution in [2.45, 2.75) is 72.1 Å². The van der Waals surface area contributed by atoms with Crippen molar-refractivity contribution in [1.29, 1.82) is 0 Å². The Labute approximate surface area is 144 Å². The highest BCUT2D eigenvalue weighted by molar-refractivity contribution is 5.91. The summed E-state index contributed by atoms with van der Waals surface area (Å²) in [6, 6.07) is 0. The Morgan fingerprint density at radius 3 is 2.38 bits per heavy atom. The van der Waals surface area contributed by atoms with Gasteiger partial charge in [-0.25, -0.2) is 0 Å². The summed E-state index contributed by atoms with van der Waals surface area (Å²) in [5.74, 6) is 2.64. The fourth-order valence-corrected chi connectivity index (χ4v) is 7.50. The van der Waals surface area contributed by atoms with Crippen molar-refractivity contribution in [3.8, 4) is 0 Å². The predicted octanol–water partition coefficient (Wildman–Crippen LogP) is 3.98. The molecule has 0 aromatic heterocycles. The Bertz CT molecular complexity index is 608. The van der Waals surface area contributed by atoms with Gasteiger partial charge in [0.25, 0.3) is 0 Å². The molecule has 0 aromatic rings. The molecule has 0 unspecified atom stereocenters. The van der Waals surface area contributed by atoms with Gasteiger partial charge >= 0.3 is 0 Å². The summed E-state index contributed by atoms with van der Waals surface area (Å²) < 4.78 is 0. The molecule has 0 amide bonds. The zero-order chi connectivity index (χ0) is 17.3. The summed E-state index contributed by atoms with van der Waals surface area (Å²) in [5, 5.41) is 0. The van der Waals surface area contributed by atoms with Crippen LogP contribution in [0.3, 0.4) is 0 Å². The van der Waals surface area contributed by atoms with Crippen molar-refractivity contribution in [3.05, 3.63) is 0 Å². The van der Waals surface area contributed by atoms with E-state index in [1.165, 1.54) is 0 Å². The van der Waals surface area contributed by atoms with E-state index in [0.717, 1.165) is 32.1 Å². The SMILES string of the molecule is CC(=O)[C@@H]1CC[C@@H]2[C@H]3CC(=O)[C@H]4CC(=O)CC[C@]4(C)[C@@H]3CC[C@@]21C. The highest BCUT2D eigenvalue weighted by Crippen LogP contribution is 2.66. The Balaban J connectivity index is 1.68. The van der Waals surface area contributed by atoms with Crippen LogP contribution in [0.1, 0.15) is 72.1 Å². The van der Waals surface area contributed by atoms with Crippen LogP contribution in [-0.2, 0) is 14.4 Å². The molecule has 0 radical (unpaired) electrons. The summed E-state index contributed by atoms with van der Waals surface area (Å²) >= 11 is 0. The second-order valence-electron chi connectivity index (χ2n) is 9.63. The summed E-state index contributed by atoms with van der Waals surface area (Å²) in [7, 11) is 0. The van der Waals surface area contributed by atoms with Crippen LogP contribution in [0.4, 0.5) is 0 Å². The zero-order valence-electron chi connectivity index (χ0n) is 15.3. The number of carbonyl (C=O) groups excluding carboxylic acids is 3. The van der Waals surface area contributed by atoms with Crippen LogP contribution < -0.4 is 0 Å². The molecule has 0 aromatic carbocycles. The van der Waals surface area contributed by atoms with Gasteiger partial charge in [0, 0.05) is 31.1 Å². The van der Waals surface area contributed by atoms with Gasteiger partial charge in [0.15, 0.2) is 0 Å². The molecule has 3 heteroatoms. The molecule has 4 fully saturated rings. The Hall–Kier alpha value is -0.990. The number of hydrogen-bond donors (Lipinski definition) is 0. The summed E-state index contributed by atoms with van der Waals surface area (Å²) in [4.78, 5) is 37.0. The lowest BCUT2D eigenvalue weighted by atomic mass is 9.44. The van der Waals surface area contributed by atoms with E-state index >= 15 is 0 Å². The molecular weight excluding hydrogens is 300 g/mol. The lowest BCUT2D eigenvalue weighted by molar-refractivity contribution is -0.159. The fourth-order valence-electron chi connectivity index (χ4n) is 7.50. The minimum atomic E-state index is -0.0330. The summed E-state index contributed by atoms with van der Waals surface area (Å²) in [6.45, 7) is 6.36. The molecule has 0 N–H and O–H groups in total.